The minimum atomic E-state index is -0.309. The van der Waals surface area contributed by atoms with Crippen molar-refractivity contribution >= 4 is 11.9 Å². The van der Waals surface area contributed by atoms with Crippen molar-refractivity contribution in [2.24, 2.45) is 0 Å². The van der Waals surface area contributed by atoms with E-state index >= 15 is 0 Å². The standard InChI is InChI=1S/C23H19FN4O/c1-2-27-15-19(14-25-27)22(29)13-10-18-16-28(21-6-4-3-5-7-21)26-23(18)17-8-11-20(24)12-9-17/h3-16H,2H2,1H3/b13-10+. The topological polar surface area (TPSA) is 52.7 Å². The average molecular weight is 386 g/mol. The van der Waals surface area contributed by atoms with Gasteiger partial charge in [-0.05, 0) is 55.5 Å². The van der Waals surface area contributed by atoms with Gasteiger partial charge in [-0.15, -0.1) is 0 Å². The van der Waals surface area contributed by atoms with E-state index in [1.165, 1.54) is 18.2 Å². The summed E-state index contributed by atoms with van der Waals surface area (Å²) in [6.07, 6.45) is 8.38. The third-order valence-corrected chi connectivity index (χ3v) is 4.54. The molecule has 0 unspecified atom stereocenters. The van der Waals surface area contributed by atoms with Gasteiger partial charge in [0, 0.05) is 30.1 Å². The van der Waals surface area contributed by atoms with Crippen molar-refractivity contribution in [3.63, 3.8) is 0 Å². The SMILES string of the molecule is CCn1cc(C(=O)/C=C/c2cn(-c3ccccc3)nc2-c2ccc(F)cc2)cn1. The summed E-state index contributed by atoms with van der Waals surface area (Å²) in [4.78, 5) is 12.5. The Kier molecular flexibility index (Phi) is 5.16. The number of allylic oxidation sites excluding steroid dienone is 1. The van der Waals surface area contributed by atoms with Crippen LogP contribution in [-0.2, 0) is 6.54 Å². The lowest BCUT2D eigenvalue weighted by Gasteiger charge is -2.00. The van der Waals surface area contributed by atoms with Crippen molar-refractivity contribution in [3.05, 3.63) is 96.2 Å². The lowest BCUT2D eigenvalue weighted by molar-refractivity contribution is 0.104. The number of ketones is 1. The number of carbonyl (C=O) groups excluding carboxylic acids is 1. The Morgan fingerprint density at radius 3 is 2.52 bits per heavy atom. The number of rotatable bonds is 6. The molecule has 4 rings (SSSR count). The minimum Gasteiger partial charge on any atom is -0.289 e. The van der Waals surface area contributed by atoms with Gasteiger partial charge in [-0.2, -0.15) is 10.2 Å². The van der Waals surface area contributed by atoms with Gasteiger partial charge in [0.2, 0.25) is 0 Å². The summed E-state index contributed by atoms with van der Waals surface area (Å²) in [6, 6.07) is 15.8. The summed E-state index contributed by atoms with van der Waals surface area (Å²) in [6.45, 7) is 2.67. The fourth-order valence-electron chi connectivity index (χ4n) is 2.98. The third-order valence-electron chi connectivity index (χ3n) is 4.54. The number of nitrogens with zero attached hydrogens (tertiary/aromatic N) is 4. The van der Waals surface area contributed by atoms with Crippen LogP contribution < -0.4 is 0 Å². The van der Waals surface area contributed by atoms with Gasteiger partial charge >= 0.3 is 0 Å². The van der Waals surface area contributed by atoms with Crippen LogP contribution in [0.1, 0.15) is 22.8 Å². The summed E-state index contributed by atoms with van der Waals surface area (Å²) in [5, 5.41) is 8.80. The number of carbonyl (C=O) groups is 1. The van der Waals surface area contributed by atoms with Gasteiger partial charge in [0.1, 0.15) is 5.82 Å². The molecule has 4 aromatic rings. The molecule has 0 saturated heterocycles. The van der Waals surface area contributed by atoms with E-state index in [9.17, 15) is 9.18 Å². The molecule has 0 atom stereocenters. The number of benzene rings is 2. The normalized spacial score (nSPS) is 11.2. The molecule has 2 aromatic carbocycles. The van der Waals surface area contributed by atoms with Crippen LogP contribution in [0, 0.1) is 5.82 Å². The summed E-state index contributed by atoms with van der Waals surface area (Å²) in [5.74, 6) is -0.446. The molecule has 0 bridgehead atoms. The van der Waals surface area contributed by atoms with E-state index < -0.39 is 0 Å². The lowest BCUT2D eigenvalue weighted by atomic mass is 10.1. The van der Waals surface area contributed by atoms with Crippen LogP contribution in [0.3, 0.4) is 0 Å². The van der Waals surface area contributed by atoms with Gasteiger partial charge in [0.15, 0.2) is 5.78 Å². The fraction of sp³-hybridized carbons (Fsp3) is 0.0870. The van der Waals surface area contributed by atoms with Crippen LogP contribution in [0.2, 0.25) is 0 Å². The van der Waals surface area contributed by atoms with E-state index in [0.29, 0.717) is 17.8 Å². The maximum atomic E-state index is 13.4. The molecule has 5 nitrogen and oxygen atoms in total. The number of para-hydroxylation sites is 1. The monoisotopic (exact) mass is 386 g/mol. The first-order valence-electron chi connectivity index (χ1n) is 9.30. The maximum absolute atomic E-state index is 13.4. The zero-order valence-electron chi connectivity index (χ0n) is 15.9. The van der Waals surface area contributed by atoms with E-state index in [-0.39, 0.29) is 11.6 Å². The highest BCUT2D eigenvalue weighted by atomic mass is 19.1. The molecule has 0 spiro atoms. The second-order valence-electron chi connectivity index (χ2n) is 6.50. The van der Waals surface area contributed by atoms with Crippen molar-refractivity contribution in [1.82, 2.24) is 19.6 Å². The highest BCUT2D eigenvalue weighted by Gasteiger charge is 2.12. The van der Waals surface area contributed by atoms with Gasteiger partial charge in [-0.1, -0.05) is 18.2 Å². The van der Waals surface area contributed by atoms with Crippen LogP contribution >= 0.6 is 0 Å². The Labute approximate surface area is 167 Å². The Morgan fingerprint density at radius 1 is 1.07 bits per heavy atom. The van der Waals surface area contributed by atoms with E-state index in [1.54, 1.807) is 40.0 Å². The summed E-state index contributed by atoms with van der Waals surface area (Å²) < 4.78 is 16.8. The molecule has 2 heterocycles. The van der Waals surface area contributed by atoms with Crippen molar-refractivity contribution in [2.75, 3.05) is 0 Å². The number of aryl methyl sites for hydroxylation is 1. The van der Waals surface area contributed by atoms with E-state index in [0.717, 1.165) is 16.8 Å². The Hall–Kier alpha value is -3.80. The Bertz CT molecular complexity index is 1160. The first kappa shape index (κ1) is 18.6. The number of hydrogen-bond donors (Lipinski definition) is 0. The average Bonchev–Trinajstić information content (AvgIpc) is 3.41. The van der Waals surface area contributed by atoms with E-state index in [2.05, 4.69) is 10.2 Å². The maximum Gasteiger partial charge on any atom is 0.189 e. The zero-order chi connectivity index (χ0) is 20.2. The molecule has 0 radical (unpaired) electrons. The molecule has 0 aliphatic heterocycles. The van der Waals surface area contributed by atoms with E-state index in [1.807, 2.05) is 43.5 Å². The number of aromatic nitrogens is 4. The smallest absolute Gasteiger partial charge is 0.189 e. The minimum absolute atomic E-state index is 0.137. The second-order valence-corrected chi connectivity index (χ2v) is 6.50. The van der Waals surface area contributed by atoms with Crippen LogP contribution in [-0.4, -0.2) is 25.3 Å². The highest BCUT2D eigenvalue weighted by Crippen LogP contribution is 2.25. The molecule has 0 aliphatic rings. The molecular weight excluding hydrogens is 367 g/mol. The van der Waals surface area contributed by atoms with Gasteiger partial charge in [0.25, 0.3) is 0 Å². The van der Waals surface area contributed by atoms with Crippen LogP contribution in [0.25, 0.3) is 23.0 Å². The molecule has 2 aromatic heterocycles. The first-order chi connectivity index (χ1) is 14.1. The molecular formula is C23H19FN4O. The molecule has 0 fully saturated rings. The fourth-order valence-corrected chi connectivity index (χ4v) is 2.98. The van der Waals surface area contributed by atoms with Gasteiger partial charge in [-0.25, -0.2) is 9.07 Å². The van der Waals surface area contributed by atoms with E-state index in [4.69, 9.17) is 0 Å². The largest absolute Gasteiger partial charge is 0.289 e. The summed E-state index contributed by atoms with van der Waals surface area (Å²) >= 11 is 0. The molecule has 0 amide bonds. The quantitative estimate of drug-likeness (QED) is 0.354. The van der Waals surface area contributed by atoms with Gasteiger partial charge in [0.05, 0.1) is 23.1 Å². The predicted octanol–water partition coefficient (Wildman–Crippen LogP) is 4.79. The Balaban J connectivity index is 1.71. The lowest BCUT2D eigenvalue weighted by Crippen LogP contribution is -1.94. The third kappa shape index (κ3) is 4.06. The van der Waals surface area contributed by atoms with Crippen molar-refractivity contribution < 1.29 is 9.18 Å². The zero-order valence-corrected chi connectivity index (χ0v) is 15.9. The predicted molar refractivity (Wildman–Crippen MR) is 110 cm³/mol. The molecule has 0 aliphatic carbocycles. The van der Waals surface area contributed by atoms with Gasteiger partial charge in [-0.3, -0.25) is 9.48 Å². The molecule has 0 saturated carbocycles. The van der Waals surface area contributed by atoms with Crippen LogP contribution in [0.4, 0.5) is 4.39 Å². The van der Waals surface area contributed by atoms with Crippen LogP contribution in [0.5, 0.6) is 0 Å². The van der Waals surface area contributed by atoms with Crippen molar-refractivity contribution in [3.8, 4) is 16.9 Å². The summed E-state index contributed by atoms with van der Waals surface area (Å²) in [7, 11) is 0. The number of hydrogen-bond acceptors (Lipinski definition) is 3. The molecule has 144 valence electrons. The Morgan fingerprint density at radius 2 is 1.83 bits per heavy atom. The van der Waals surface area contributed by atoms with Gasteiger partial charge < -0.3 is 0 Å². The molecule has 6 heteroatoms. The van der Waals surface area contributed by atoms with Crippen molar-refractivity contribution in [1.29, 1.82) is 0 Å². The number of halogens is 1. The first-order valence-corrected chi connectivity index (χ1v) is 9.30. The summed E-state index contributed by atoms with van der Waals surface area (Å²) in [5.41, 5.74) is 3.62. The molecule has 0 N–H and O–H groups in total. The molecule has 29 heavy (non-hydrogen) atoms. The highest BCUT2D eigenvalue weighted by molar-refractivity contribution is 6.06. The second kappa shape index (κ2) is 8.06. The van der Waals surface area contributed by atoms with Crippen molar-refractivity contribution in [2.45, 2.75) is 13.5 Å². The van der Waals surface area contributed by atoms with Crippen LogP contribution in [0.15, 0.2) is 79.3 Å².